The first-order valence-corrected chi connectivity index (χ1v) is 5.48. The molecule has 2 unspecified atom stereocenters. The Balaban J connectivity index is 2.16. The maximum atomic E-state index is 5.27. The predicted molar refractivity (Wildman–Crippen MR) is 55.9 cm³/mol. The summed E-state index contributed by atoms with van der Waals surface area (Å²) in [4.78, 5) is 0. The normalized spacial score (nSPS) is 32.1. The van der Waals surface area contributed by atoms with Crippen molar-refractivity contribution in [2.75, 3.05) is 26.8 Å². The largest absolute Gasteiger partial charge is 0.384 e. The highest BCUT2D eigenvalue weighted by Gasteiger charge is 2.51. The van der Waals surface area contributed by atoms with Gasteiger partial charge in [0.1, 0.15) is 0 Å². The van der Waals surface area contributed by atoms with Crippen LogP contribution in [0.2, 0.25) is 0 Å². The second-order valence-corrected chi connectivity index (χ2v) is 4.25. The summed E-state index contributed by atoms with van der Waals surface area (Å²) in [5.41, 5.74) is 0.523. The Morgan fingerprint density at radius 1 is 1.46 bits per heavy atom. The monoisotopic (exact) mass is 185 g/mol. The van der Waals surface area contributed by atoms with E-state index in [0.29, 0.717) is 5.41 Å². The van der Waals surface area contributed by atoms with Crippen LogP contribution < -0.4 is 5.32 Å². The molecule has 2 nitrogen and oxygen atoms in total. The fraction of sp³-hybridized carbons (Fsp3) is 1.00. The lowest BCUT2D eigenvalue weighted by molar-refractivity contribution is 0.129. The number of hydrogen-bond donors (Lipinski definition) is 1. The molecule has 0 heterocycles. The maximum Gasteiger partial charge on any atom is 0.0521 e. The standard InChI is InChI=1S/C11H23NO/c1-4-6-12-8-10-7-11(10,5-2)9-13-3/h10,12H,4-9H2,1-3H3. The van der Waals surface area contributed by atoms with Crippen molar-refractivity contribution in [2.24, 2.45) is 11.3 Å². The van der Waals surface area contributed by atoms with E-state index >= 15 is 0 Å². The second kappa shape index (κ2) is 4.97. The van der Waals surface area contributed by atoms with Gasteiger partial charge in [0.05, 0.1) is 6.61 Å². The Morgan fingerprint density at radius 3 is 2.77 bits per heavy atom. The van der Waals surface area contributed by atoms with Crippen molar-refractivity contribution in [3.05, 3.63) is 0 Å². The lowest BCUT2D eigenvalue weighted by Gasteiger charge is -2.13. The SMILES string of the molecule is CCCNCC1CC1(CC)COC. The van der Waals surface area contributed by atoms with Crippen molar-refractivity contribution in [3.8, 4) is 0 Å². The first-order valence-electron chi connectivity index (χ1n) is 5.48. The van der Waals surface area contributed by atoms with Crippen LogP contribution in [0.1, 0.15) is 33.1 Å². The molecule has 1 saturated carbocycles. The van der Waals surface area contributed by atoms with E-state index in [4.69, 9.17) is 4.74 Å². The Morgan fingerprint density at radius 2 is 2.23 bits per heavy atom. The van der Waals surface area contributed by atoms with Gasteiger partial charge in [0.2, 0.25) is 0 Å². The minimum absolute atomic E-state index is 0.523. The quantitative estimate of drug-likeness (QED) is 0.613. The zero-order valence-electron chi connectivity index (χ0n) is 9.23. The molecule has 1 rings (SSSR count). The van der Waals surface area contributed by atoms with Gasteiger partial charge >= 0.3 is 0 Å². The minimum Gasteiger partial charge on any atom is -0.384 e. The topological polar surface area (TPSA) is 21.3 Å². The van der Waals surface area contributed by atoms with Crippen molar-refractivity contribution >= 4 is 0 Å². The summed E-state index contributed by atoms with van der Waals surface area (Å²) >= 11 is 0. The van der Waals surface area contributed by atoms with Crippen LogP contribution >= 0.6 is 0 Å². The molecule has 78 valence electrons. The van der Waals surface area contributed by atoms with Gasteiger partial charge < -0.3 is 10.1 Å². The van der Waals surface area contributed by atoms with E-state index in [9.17, 15) is 0 Å². The van der Waals surface area contributed by atoms with Gasteiger partial charge in [-0.3, -0.25) is 0 Å². The highest BCUT2D eigenvalue weighted by Crippen LogP contribution is 2.54. The van der Waals surface area contributed by atoms with Gasteiger partial charge in [-0.15, -0.1) is 0 Å². The van der Waals surface area contributed by atoms with Crippen molar-refractivity contribution < 1.29 is 4.74 Å². The summed E-state index contributed by atoms with van der Waals surface area (Å²) in [5.74, 6) is 0.865. The number of methoxy groups -OCH3 is 1. The fourth-order valence-electron chi connectivity index (χ4n) is 2.17. The molecule has 0 amide bonds. The Kier molecular flexibility index (Phi) is 4.20. The number of hydrogen-bond acceptors (Lipinski definition) is 2. The van der Waals surface area contributed by atoms with Crippen LogP contribution in [0, 0.1) is 11.3 Å². The van der Waals surface area contributed by atoms with E-state index in [1.165, 1.54) is 25.8 Å². The lowest BCUT2D eigenvalue weighted by atomic mass is 10.0. The van der Waals surface area contributed by atoms with Crippen molar-refractivity contribution in [2.45, 2.75) is 33.1 Å². The molecule has 0 radical (unpaired) electrons. The van der Waals surface area contributed by atoms with Crippen LogP contribution in [0.15, 0.2) is 0 Å². The third-order valence-corrected chi connectivity index (χ3v) is 3.31. The van der Waals surface area contributed by atoms with Crippen molar-refractivity contribution in [1.82, 2.24) is 5.32 Å². The third kappa shape index (κ3) is 2.68. The molecule has 13 heavy (non-hydrogen) atoms. The number of ether oxygens (including phenoxy) is 1. The molecule has 0 aromatic heterocycles. The van der Waals surface area contributed by atoms with E-state index in [1.54, 1.807) is 0 Å². The van der Waals surface area contributed by atoms with Gasteiger partial charge in [-0.1, -0.05) is 13.8 Å². The summed E-state index contributed by atoms with van der Waals surface area (Å²) in [5, 5.41) is 3.49. The van der Waals surface area contributed by atoms with E-state index < -0.39 is 0 Å². The molecule has 1 N–H and O–H groups in total. The van der Waals surface area contributed by atoms with Crippen LogP contribution in [-0.2, 0) is 4.74 Å². The average molecular weight is 185 g/mol. The Bertz CT molecular complexity index is 149. The third-order valence-electron chi connectivity index (χ3n) is 3.31. The van der Waals surface area contributed by atoms with Crippen LogP contribution in [0.3, 0.4) is 0 Å². The first-order chi connectivity index (χ1) is 6.29. The Hall–Kier alpha value is -0.0800. The van der Waals surface area contributed by atoms with Gasteiger partial charge in [0, 0.05) is 7.11 Å². The highest BCUT2D eigenvalue weighted by molar-refractivity contribution is 5.02. The number of rotatable bonds is 7. The van der Waals surface area contributed by atoms with Crippen molar-refractivity contribution in [3.63, 3.8) is 0 Å². The molecule has 0 saturated heterocycles. The molecule has 0 spiro atoms. The molecule has 2 atom stereocenters. The van der Waals surface area contributed by atoms with Crippen molar-refractivity contribution in [1.29, 1.82) is 0 Å². The zero-order valence-corrected chi connectivity index (χ0v) is 9.23. The Labute approximate surface area is 82.0 Å². The van der Waals surface area contributed by atoms with E-state index in [2.05, 4.69) is 19.2 Å². The summed E-state index contributed by atoms with van der Waals surface area (Å²) in [6.07, 6.45) is 3.85. The zero-order chi connectivity index (χ0) is 9.73. The summed E-state index contributed by atoms with van der Waals surface area (Å²) in [7, 11) is 1.81. The molecule has 1 aliphatic rings. The highest BCUT2D eigenvalue weighted by atomic mass is 16.5. The average Bonchev–Trinajstić information content (AvgIpc) is 2.81. The number of nitrogens with one attached hydrogen (secondary N) is 1. The molecule has 0 bridgehead atoms. The summed E-state index contributed by atoms with van der Waals surface area (Å²) in [6, 6.07) is 0. The molecular weight excluding hydrogens is 162 g/mol. The van der Waals surface area contributed by atoms with Gasteiger partial charge in [0.25, 0.3) is 0 Å². The molecule has 1 aliphatic carbocycles. The summed E-state index contributed by atoms with van der Waals surface area (Å²) in [6.45, 7) is 7.78. The molecule has 2 heteroatoms. The lowest BCUT2D eigenvalue weighted by Crippen LogP contribution is -2.22. The van der Waals surface area contributed by atoms with Gasteiger partial charge in [-0.25, -0.2) is 0 Å². The molecule has 1 fully saturated rings. The van der Waals surface area contributed by atoms with Gasteiger partial charge in [-0.2, -0.15) is 0 Å². The maximum absolute atomic E-state index is 5.27. The molecular formula is C11H23NO. The summed E-state index contributed by atoms with van der Waals surface area (Å²) < 4.78 is 5.27. The van der Waals surface area contributed by atoms with Crippen LogP contribution in [-0.4, -0.2) is 26.8 Å². The van der Waals surface area contributed by atoms with Crippen LogP contribution in [0.5, 0.6) is 0 Å². The van der Waals surface area contributed by atoms with E-state index in [-0.39, 0.29) is 0 Å². The molecule has 0 aliphatic heterocycles. The van der Waals surface area contributed by atoms with E-state index in [1.807, 2.05) is 7.11 Å². The first kappa shape index (κ1) is 11.0. The second-order valence-electron chi connectivity index (χ2n) is 4.25. The van der Waals surface area contributed by atoms with Crippen LogP contribution in [0.4, 0.5) is 0 Å². The van der Waals surface area contributed by atoms with E-state index in [0.717, 1.165) is 19.1 Å². The fourth-order valence-corrected chi connectivity index (χ4v) is 2.17. The smallest absolute Gasteiger partial charge is 0.0521 e. The van der Waals surface area contributed by atoms with Crippen LogP contribution in [0.25, 0.3) is 0 Å². The van der Waals surface area contributed by atoms with Gasteiger partial charge in [0.15, 0.2) is 0 Å². The van der Waals surface area contributed by atoms with Gasteiger partial charge in [-0.05, 0) is 43.7 Å². The molecule has 0 aromatic carbocycles. The molecule has 0 aromatic rings. The predicted octanol–water partition coefficient (Wildman–Crippen LogP) is 2.05. The minimum atomic E-state index is 0.523.